The van der Waals surface area contributed by atoms with Crippen LogP contribution in [-0.2, 0) is 9.84 Å². The van der Waals surface area contributed by atoms with Gasteiger partial charge in [0.2, 0.25) is 14.9 Å². The van der Waals surface area contributed by atoms with Crippen molar-refractivity contribution >= 4 is 66.9 Å². The van der Waals surface area contributed by atoms with Crippen LogP contribution >= 0.6 is 35.3 Å². The molecule has 29 heavy (non-hydrogen) atoms. The lowest BCUT2D eigenvalue weighted by Crippen LogP contribution is -2.21. The molecule has 0 saturated heterocycles. The molecule has 0 spiro atoms. The molecule has 1 N–H and O–H groups in total. The number of anilines is 1. The Kier molecular flexibility index (Phi) is 6.30. The third-order valence-electron chi connectivity index (χ3n) is 4.13. The first-order valence-corrected chi connectivity index (χ1v) is 11.1. The average Bonchev–Trinajstić information content (AvgIpc) is 3.28. The number of thiophene rings is 1. The quantitative estimate of drug-likeness (QED) is 0.460. The van der Waals surface area contributed by atoms with Crippen molar-refractivity contribution in [2.24, 2.45) is 0 Å². The van der Waals surface area contributed by atoms with Gasteiger partial charge in [0.1, 0.15) is 5.82 Å². The lowest BCUT2D eigenvalue weighted by Gasteiger charge is -2.11. The minimum atomic E-state index is -3.92. The van der Waals surface area contributed by atoms with E-state index in [0.29, 0.717) is 17.4 Å². The molecule has 12 heteroatoms. The monoisotopic (exact) mass is 472 g/mol. The zero-order chi connectivity index (χ0) is 19.9. The largest absolute Gasteiger partial charge is 0.367 e. The Morgan fingerprint density at radius 3 is 2.79 bits per heavy atom. The molecule has 0 radical (unpaired) electrons. The Morgan fingerprint density at radius 2 is 2.07 bits per heavy atom. The third-order valence-corrected chi connectivity index (χ3v) is 6.93. The Bertz CT molecular complexity index is 1270. The topological polar surface area (TPSA) is 92.5 Å². The standard InChI is InChI=1S/C17H17ClN6O2S2.ClH/c1-23(2)8-7-19-15-14-13(6-9-27-14)24-16(20-15)17(21-22-24)28(25,26)12-5-3-4-11(18)10-12;/h3-6,9-10H,7-8H2,1-2H3,(H,19,20);1H. The van der Waals surface area contributed by atoms with Gasteiger partial charge >= 0.3 is 0 Å². The highest BCUT2D eigenvalue weighted by molar-refractivity contribution is 7.91. The number of sulfone groups is 1. The summed E-state index contributed by atoms with van der Waals surface area (Å²) in [7, 11) is 0.0423. The molecule has 0 unspecified atom stereocenters. The number of nitrogens with zero attached hydrogens (tertiary/aromatic N) is 5. The fraction of sp³-hybridized carbons (Fsp3) is 0.235. The normalized spacial score (nSPS) is 11.9. The zero-order valence-corrected chi connectivity index (χ0v) is 18.7. The molecular weight excluding hydrogens is 455 g/mol. The van der Waals surface area contributed by atoms with Gasteiger partial charge < -0.3 is 10.2 Å². The van der Waals surface area contributed by atoms with Gasteiger partial charge in [-0.1, -0.05) is 22.9 Å². The predicted molar refractivity (Wildman–Crippen MR) is 117 cm³/mol. The molecule has 8 nitrogen and oxygen atoms in total. The van der Waals surface area contributed by atoms with E-state index in [2.05, 4.69) is 20.6 Å². The summed E-state index contributed by atoms with van der Waals surface area (Å²) in [5.74, 6) is 0.615. The number of halogens is 2. The first kappa shape index (κ1) is 21.7. The number of benzene rings is 1. The summed E-state index contributed by atoms with van der Waals surface area (Å²) < 4.78 is 28.6. The van der Waals surface area contributed by atoms with Gasteiger partial charge in [-0.25, -0.2) is 13.4 Å². The molecule has 4 aromatic rings. The lowest BCUT2D eigenvalue weighted by atomic mass is 10.4. The molecule has 0 aliphatic heterocycles. The van der Waals surface area contributed by atoms with Crippen LogP contribution in [0.5, 0.6) is 0 Å². The highest BCUT2D eigenvalue weighted by Crippen LogP contribution is 2.31. The number of likely N-dealkylation sites (N-methyl/N-ethyl adjacent to an activating group) is 1. The van der Waals surface area contributed by atoms with E-state index in [1.165, 1.54) is 28.0 Å². The second-order valence-corrected chi connectivity index (χ2v) is 9.63. The van der Waals surface area contributed by atoms with Crippen LogP contribution < -0.4 is 5.32 Å². The molecule has 0 saturated carbocycles. The highest BCUT2D eigenvalue weighted by atomic mass is 35.5. The second kappa shape index (κ2) is 8.41. The van der Waals surface area contributed by atoms with Crippen molar-refractivity contribution in [3.05, 3.63) is 40.7 Å². The molecule has 1 aromatic carbocycles. The van der Waals surface area contributed by atoms with Crippen molar-refractivity contribution < 1.29 is 8.42 Å². The van der Waals surface area contributed by atoms with Crippen LogP contribution in [0.1, 0.15) is 0 Å². The second-order valence-electron chi connectivity index (χ2n) is 6.42. The van der Waals surface area contributed by atoms with Crippen molar-refractivity contribution in [2.75, 3.05) is 32.5 Å². The number of rotatable bonds is 6. The van der Waals surface area contributed by atoms with Gasteiger partial charge in [-0.2, -0.15) is 4.52 Å². The van der Waals surface area contributed by atoms with Crippen molar-refractivity contribution in [2.45, 2.75) is 9.92 Å². The van der Waals surface area contributed by atoms with E-state index in [9.17, 15) is 8.42 Å². The van der Waals surface area contributed by atoms with Crippen molar-refractivity contribution in [3.8, 4) is 0 Å². The van der Waals surface area contributed by atoms with Crippen LogP contribution in [0, 0.1) is 0 Å². The number of hydrogen-bond donors (Lipinski definition) is 1. The van der Waals surface area contributed by atoms with E-state index in [-0.39, 0.29) is 28.0 Å². The molecule has 0 amide bonds. The summed E-state index contributed by atoms with van der Waals surface area (Å²) in [5, 5.41) is 13.3. The molecule has 0 aliphatic rings. The molecule has 0 aliphatic carbocycles. The van der Waals surface area contributed by atoms with Gasteiger partial charge in [0, 0.05) is 18.1 Å². The minimum absolute atomic E-state index is 0. The number of hydrogen-bond acceptors (Lipinski definition) is 8. The van der Waals surface area contributed by atoms with Crippen molar-refractivity contribution in [3.63, 3.8) is 0 Å². The summed E-state index contributed by atoms with van der Waals surface area (Å²) in [6.07, 6.45) is 0. The maximum absolute atomic E-state index is 13.1. The SMILES string of the molecule is CN(C)CCNc1nc2c(S(=O)(=O)c3cccc(Cl)c3)nnn2c2ccsc12.Cl. The molecular formula is C17H18Cl2N6O2S2. The molecule has 4 rings (SSSR count). The Balaban J connectivity index is 0.00000240. The van der Waals surface area contributed by atoms with Crippen LogP contribution in [-0.4, -0.2) is 60.3 Å². The summed E-state index contributed by atoms with van der Waals surface area (Å²) in [5.41, 5.74) is 0.931. The molecule has 0 bridgehead atoms. The third kappa shape index (κ3) is 4.03. The fourth-order valence-electron chi connectivity index (χ4n) is 2.76. The van der Waals surface area contributed by atoms with Gasteiger partial charge in [0.25, 0.3) is 0 Å². The van der Waals surface area contributed by atoms with Crippen LogP contribution in [0.25, 0.3) is 15.9 Å². The molecule has 154 valence electrons. The number of nitrogens with one attached hydrogen (secondary N) is 1. The smallest absolute Gasteiger partial charge is 0.229 e. The zero-order valence-electron chi connectivity index (χ0n) is 15.5. The molecule has 0 fully saturated rings. The van der Waals surface area contributed by atoms with Crippen LogP contribution in [0.15, 0.2) is 45.6 Å². The highest BCUT2D eigenvalue weighted by Gasteiger charge is 2.27. The van der Waals surface area contributed by atoms with Crippen LogP contribution in [0.2, 0.25) is 5.02 Å². The van der Waals surface area contributed by atoms with E-state index in [1.807, 2.05) is 30.4 Å². The van der Waals surface area contributed by atoms with E-state index < -0.39 is 9.84 Å². The van der Waals surface area contributed by atoms with Crippen LogP contribution in [0.4, 0.5) is 5.82 Å². The van der Waals surface area contributed by atoms with E-state index in [0.717, 1.165) is 16.8 Å². The maximum atomic E-state index is 13.1. The number of fused-ring (bicyclic) bond motifs is 3. The van der Waals surface area contributed by atoms with E-state index in [4.69, 9.17) is 11.6 Å². The Hall–Kier alpha value is -1.98. The van der Waals surface area contributed by atoms with E-state index in [1.54, 1.807) is 12.1 Å². The Morgan fingerprint density at radius 1 is 1.28 bits per heavy atom. The maximum Gasteiger partial charge on any atom is 0.229 e. The summed E-state index contributed by atoms with van der Waals surface area (Å²) in [6, 6.07) is 7.94. The minimum Gasteiger partial charge on any atom is -0.367 e. The van der Waals surface area contributed by atoms with Gasteiger partial charge in [-0.05, 0) is 43.7 Å². The summed E-state index contributed by atoms with van der Waals surface area (Å²) in [6.45, 7) is 1.48. The van der Waals surface area contributed by atoms with E-state index >= 15 is 0 Å². The van der Waals surface area contributed by atoms with Crippen molar-refractivity contribution in [1.29, 1.82) is 0 Å². The molecule has 3 heterocycles. The van der Waals surface area contributed by atoms with Crippen molar-refractivity contribution in [1.82, 2.24) is 24.7 Å². The summed E-state index contributed by atoms with van der Waals surface area (Å²) in [4.78, 5) is 6.65. The van der Waals surface area contributed by atoms with Gasteiger partial charge in [-0.15, -0.1) is 28.8 Å². The van der Waals surface area contributed by atoms with Gasteiger partial charge in [0.05, 0.1) is 15.1 Å². The Labute approximate surface area is 182 Å². The summed E-state index contributed by atoms with van der Waals surface area (Å²) >= 11 is 7.48. The van der Waals surface area contributed by atoms with Crippen LogP contribution in [0.3, 0.4) is 0 Å². The first-order chi connectivity index (χ1) is 13.4. The predicted octanol–water partition coefficient (Wildman–Crippen LogP) is 3.22. The fourth-order valence-corrected chi connectivity index (χ4v) is 5.13. The first-order valence-electron chi connectivity index (χ1n) is 8.40. The molecule has 3 aromatic heterocycles. The van der Waals surface area contributed by atoms with Gasteiger partial charge in [0.15, 0.2) is 5.65 Å². The number of aromatic nitrogens is 4. The van der Waals surface area contributed by atoms with Gasteiger partial charge in [-0.3, -0.25) is 0 Å². The lowest BCUT2D eigenvalue weighted by molar-refractivity contribution is 0.425. The molecule has 0 atom stereocenters. The average molecular weight is 473 g/mol.